The van der Waals surface area contributed by atoms with Crippen LogP contribution in [0.1, 0.15) is 49.2 Å². The van der Waals surface area contributed by atoms with Gasteiger partial charge in [0.25, 0.3) is 5.91 Å². The van der Waals surface area contributed by atoms with Crippen LogP contribution in [-0.4, -0.2) is 24.3 Å². The van der Waals surface area contributed by atoms with E-state index in [1.807, 2.05) is 6.07 Å². The molecule has 1 aliphatic carbocycles. The highest BCUT2D eigenvalue weighted by atomic mass is 35.5. The second kappa shape index (κ2) is 8.12. The maximum atomic E-state index is 12.8. The Morgan fingerprint density at radius 3 is 2.33 bits per heavy atom. The van der Waals surface area contributed by atoms with Crippen molar-refractivity contribution in [1.29, 1.82) is 5.26 Å². The second-order valence-electron chi connectivity index (χ2n) is 8.87. The number of amides is 1. The summed E-state index contributed by atoms with van der Waals surface area (Å²) in [5, 5.41) is 12.5. The summed E-state index contributed by atoms with van der Waals surface area (Å²) in [6, 6.07) is 14.0. The minimum atomic E-state index is -0.322. The first kappa shape index (κ1) is 21.9. The molecule has 1 N–H and O–H groups in total. The van der Waals surface area contributed by atoms with Crippen LogP contribution >= 0.6 is 11.6 Å². The fraction of sp³-hybridized carbons (Fsp3) is 0.375. The number of nitrogens with one attached hydrogen (secondary N) is 1. The molecule has 0 saturated heterocycles. The summed E-state index contributed by atoms with van der Waals surface area (Å²) in [6.45, 7) is 8.25. The van der Waals surface area contributed by atoms with Gasteiger partial charge in [-0.1, -0.05) is 51.4 Å². The lowest BCUT2D eigenvalue weighted by atomic mass is 9.49. The van der Waals surface area contributed by atoms with E-state index in [2.05, 4.69) is 33.0 Å². The van der Waals surface area contributed by atoms with Gasteiger partial charge in [0.05, 0.1) is 10.6 Å². The number of nitrogens with zero attached hydrogens (tertiary/aromatic N) is 1. The van der Waals surface area contributed by atoms with Crippen LogP contribution in [-0.2, 0) is 11.2 Å². The molecule has 156 valence electrons. The SMILES string of the molecule is CC1(C)C(NC(=O)c2ccc(CC=O)cc2)C(C)(C)C1Oc1ccc(C#N)c(Cl)c1. The first-order valence-corrected chi connectivity index (χ1v) is 10.2. The summed E-state index contributed by atoms with van der Waals surface area (Å²) < 4.78 is 6.24. The van der Waals surface area contributed by atoms with Gasteiger partial charge < -0.3 is 14.8 Å². The molecule has 0 radical (unpaired) electrons. The van der Waals surface area contributed by atoms with Gasteiger partial charge in [0.2, 0.25) is 0 Å². The third kappa shape index (κ3) is 3.93. The van der Waals surface area contributed by atoms with Gasteiger partial charge in [-0.3, -0.25) is 4.79 Å². The Labute approximate surface area is 182 Å². The van der Waals surface area contributed by atoms with Gasteiger partial charge in [-0.05, 0) is 29.8 Å². The first-order valence-electron chi connectivity index (χ1n) is 9.81. The van der Waals surface area contributed by atoms with Crippen LogP contribution in [0.5, 0.6) is 5.75 Å². The van der Waals surface area contributed by atoms with Crippen molar-refractivity contribution in [3.63, 3.8) is 0 Å². The number of carbonyl (C=O) groups excluding carboxylic acids is 2. The van der Waals surface area contributed by atoms with E-state index < -0.39 is 0 Å². The van der Waals surface area contributed by atoms with E-state index in [-0.39, 0.29) is 28.9 Å². The molecule has 2 aromatic carbocycles. The van der Waals surface area contributed by atoms with Crippen LogP contribution < -0.4 is 10.1 Å². The average Bonchev–Trinajstić information content (AvgIpc) is 2.70. The number of ether oxygens (including phenoxy) is 1. The summed E-state index contributed by atoms with van der Waals surface area (Å²) >= 11 is 6.13. The van der Waals surface area contributed by atoms with E-state index in [1.54, 1.807) is 42.5 Å². The molecule has 0 atom stereocenters. The van der Waals surface area contributed by atoms with Crippen LogP contribution in [0.3, 0.4) is 0 Å². The predicted octanol–water partition coefficient (Wildman–Crippen LogP) is 4.57. The molecule has 2 aromatic rings. The van der Waals surface area contributed by atoms with Crippen molar-refractivity contribution in [3.8, 4) is 11.8 Å². The largest absolute Gasteiger partial charge is 0.489 e. The van der Waals surface area contributed by atoms with Crippen molar-refractivity contribution in [2.75, 3.05) is 0 Å². The topological polar surface area (TPSA) is 79.2 Å². The van der Waals surface area contributed by atoms with Crippen molar-refractivity contribution in [3.05, 3.63) is 64.2 Å². The molecule has 5 nitrogen and oxygen atoms in total. The molecule has 1 saturated carbocycles. The second-order valence-corrected chi connectivity index (χ2v) is 9.28. The fourth-order valence-electron chi connectivity index (χ4n) is 4.70. The molecule has 0 bridgehead atoms. The van der Waals surface area contributed by atoms with Crippen molar-refractivity contribution in [2.24, 2.45) is 10.8 Å². The van der Waals surface area contributed by atoms with Crippen molar-refractivity contribution < 1.29 is 14.3 Å². The monoisotopic (exact) mass is 424 g/mol. The number of halogens is 1. The molecule has 0 aromatic heterocycles. The van der Waals surface area contributed by atoms with Gasteiger partial charge in [-0.15, -0.1) is 0 Å². The highest BCUT2D eigenvalue weighted by molar-refractivity contribution is 6.31. The Kier molecular flexibility index (Phi) is 5.92. The zero-order valence-corrected chi connectivity index (χ0v) is 18.3. The molecule has 3 rings (SSSR count). The Morgan fingerprint density at radius 2 is 1.80 bits per heavy atom. The Balaban J connectivity index is 1.73. The molecule has 6 heteroatoms. The Hall–Kier alpha value is -2.84. The molecule has 0 unspecified atom stereocenters. The van der Waals surface area contributed by atoms with E-state index in [9.17, 15) is 9.59 Å². The molecule has 30 heavy (non-hydrogen) atoms. The molecule has 1 fully saturated rings. The lowest BCUT2D eigenvalue weighted by Crippen LogP contribution is -2.74. The fourth-order valence-corrected chi connectivity index (χ4v) is 4.91. The smallest absolute Gasteiger partial charge is 0.251 e. The van der Waals surface area contributed by atoms with Gasteiger partial charge in [-0.25, -0.2) is 0 Å². The normalized spacial score (nSPS) is 21.1. The molecule has 0 spiro atoms. The van der Waals surface area contributed by atoms with E-state index >= 15 is 0 Å². The lowest BCUT2D eigenvalue weighted by Gasteiger charge is -2.63. The number of benzene rings is 2. The maximum absolute atomic E-state index is 12.8. The number of rotatable bonds is 6. The minimum Gasteiger partial charge on any atom is -0.489 e. The summed E-state index contributed by atoms with van der Waals surface area (Å²) in [5.74, 6) is 0.444. The van der Waals surface area contributed by atoms with E-state index in [0.717, 1.165) is 11.8 Å². The van der Waals surface area contributed by atoms with Gasteiger partial charge in [0.15, 0.2) is 0 Å². The highest BCUT2D eigenvalue weighted by Gasteiger charge is 2.64. The Morgan fingerprint density at radius 1 is 1.17 bits per heavy atom. The molecular weight excluding hydrogens is 400 g/mol. The average molecular weight is 425 g/mol. The van der Waals surface area contributed by atoms with Gasteiger partial charge in [0.1, 0.15) is 24.2 Å². The summed E-state index contributed by atoms with van der Waals surface area (Å²) in [4.78, 5) is 23.4. The first-order chi connectivity index (χ1) is 14.1. The summed E-state index contributed by atoms with van der Waals surface area (Å²) in [5.41, 5.74) is 1.19. The molecule has 1 amide bonds. The van der Waals surface area contributed by atoms with Crippen molar-refractivity contribution in [1.82, 2.24) is 5.32 Å². The van der Waals surface area contributed by atoms with Crippen LogP contribution in [0.15, 0.2) is 42.5 Å². The quantitative estimate of drug-likeness (QED) is 0.689. The third-order valence-electron chi connectivity index (χ3n) is 5.97. The molecule has 0 heterocycles. The predicted molar refractivity (Wildman–Crippen MR) is 116 cm³/mol. The zero-order valence-electron chi connectivity index (χ0n) is 17.5. The standard InChI is InChI=1S/C24H25ClN2O3/c1-23(2)21(27-20(29)16-7-5-15(6-8-16)11-12-28)24(3,4)22(23)30-18-10-9-17(14-26)19(25)13-18/h5-10,12-13,21-22H,11H2,1-4H3,(H,27,29). The van der Waals surface area contributed by atoms with Crippen LogP contribution in [0.25, 0.3) is 0 Å². The van der Waals surface area contributed by atoms with Gasteiger partial charge >= 0.3 is 0 Å². The van der Waals surface area contributed by atoms with Crippen LogP contribution in [0.4, 0.5) is 0 Å². The highest BCUT2D eigenvalue weighted by Crippen LogP contribution is 2.55. The van der Waals surface area contributed by atoms with Crippen molar-refractivity contribution >= 4 is 23.8 Å². The number of carbonyl (C=O) groups is 2. The summed E-state index contributed by atoms with van der Waals surface area (Å²) in [6.07, 6.45) is 1.02. The van der Waals surface area contributed by atoms with E-state index in [1.165, 1.54) is 0 Å². The van der Waals surface area contributed by atoms with Gasteiger partial charge in [0, 0.05) is 34.9 Å². The van der Waals surface area contributed by atoms with Crippen LogP contribution in [0.2, 0.25) is 5.02 Å². The molecular formula is C24H25ClN2O3. The zero-order chi connectivity index (χ0) is 22.1. The summed E-state index contributed by atoms with van der Waals surface area (Å²) in [7, 11) is 0. The van der Waals surface area contributed by atoms with Gasteiger partial charge in [-0.2, -0.15) is 5.26 Å². The van der Waals surface area contributed by atoms with E-state index in [4.69, 9.17) is 21.6 Å². The van der Waals surface area contributed by atoms with Crippen molar-refractivity contribution in [2.45, 2.75) is 46.3 Å². The number of nitriles is 1. The number of hydrogen-bond donors (Lipinski definition) is 1. The maximum Gasteiger partial charge on any atom is 0.251 e. The number of hydrogen-bond acceptors (Lipinski definition) is 4. The Bertz CT molecular complexity index is 990. The molecule has 1 aliphatic rings. The van der Waals surface area contributed by atoms with E-state index in [0.29, 0.717) is 28.3 Å². The minimum absolute atomic E-state index is 0.106. The molecule has 0 aliphatic heterocycles. The lowest BCUT2D eigenvalue weighted by molar-refractivity contribution is -0.164. The van der Waals surface area contributed by atoms with Crippen LogP contribution in [0, 0.1) is 22.2 Å². The third-order valence-corrected chi connectivity index (χ3v) is 6.28. The number of aldehydes is 1.